The molecule has 0 atom stereocenters. The SMILES string of the molecule is CCc1cc(C(C)(C)c2ccccc2)cc(C)c1O. The maximum absolute atomic E-state index is 10.1. The fourth-order valence-corrected chi connectivity index (χ4v) is 2.50. The predicted octanol–water partition coefficient (Wildman–Crippen LogP) is 4.59. The highest BCUT2D eigenvalue weighted by Crippen LogP contribution is 2.35. The molecule has 2 aromatic rings. The fourth-order valence-electron chi connectivity index (χ4n) is 2.50. The standard InChI is InChI=1S/C18H22O/c1-5-14-12-16(11-13(2)17(14)19)18(3,4)15-9-7-6-8-10-15/h6-12,19H,5H2,1-4H3. The lowest BCUT2D eigenvalue weighted by atomic mass is 9.77. The van der Waals surface area contributed by atoms with Crippen molar-refractivity contribution < 1.29 is 5.11 Å². The number of phenolic OH excluding ortho intramolecular Hbond substituents is 1. The highest BCUT2D eigenvalue weighted by atomic mass is 16.3. The van der Waals surface area contributed by atoms with Crippen molar-refractivity contribution >= 4 is 0 Å². The van der Waals surface area contributed by atoms with Crippen molar-refractivity contribution in [2.75, 3.05) is 0 Å². The molecule has 1 nitrogen and oxygen atoms in total. The van der Waals surface area contributed by atoms with Gasteiger partial charge in [0, 0.05) is 5.41 Å². The smallest absolute Gasteiger partial charge is 0.121 e. The van der Waals surface area contributed by atoms with Gasteiger partial charge in [-0.1, -0.05) is 63.2 Å². The molecular weight excluding hydrogens is 232 g/mol. The van der Waals surface area contributed by atoms with Crippen LogP contribution in [0.3, 0.4) is 0 Å². The maximum atomic E-state index is 10.1. The highest BCUT2D eigenvalue weighted by molar-refractivity contribution is 5.48. The molecule has 2 aromatic carbocycles. The molecule has 0 aromatic heterocycles. The molecule has 0 bridgehead atoms. The van der Waals surface area contributed by atoms with Crippen molar-refractivity contribution in [2.24, 2.45) is 0 Å². The molecule has 0 saturated carbocycles. The third kappa shape index (κ3) is 2.51. The number of rotatable bonds is 3. The number of phenols is 1. The van der Waals surface area contributed by atoms with Crippen LogP contribution in [0.25, 0.3) is 0 Å². The van der Waals surface area contributed by atoms with E-state index in [0.717, 1.165) is 17.5 Å². The van der Waals surface area contributed by atoms with E-state index in [1.165, 1.54) is 11.1 Å². The number of hydrogen-bond acceptors (Lipinski definition) is 1. The van der Waals surface area contributed by atoms with Gasteiger partial charge in [-0.05, 0) is 35.6 Å². The van der Waals surface area contributed by atoms with Gasteiger partial charge in [-0.3, -0.25) is 0 Å². The van der Waals surface area contributed by atoms with Gasteiger partial charge in [0.05, 0.1) is 0 Å². The average Bonchev–Trinajstić information content (AvgIpc) is 2.42. The van der Waals surface area contributed by atoms with Crippen LogP contribution in [0.2, 0.25) is 0 Å². The van der Waals surface area contributed by atoms with Crippen molar-refractivity contribution in [3.05, 3.63) is 64.7 Å². The van der Waals surface area contributed by atoms with E-state index in [0.29, 0.717) is 5.75 Å². The van der Waals surface area contributed by atoms with Crippen LogP contribution < -0.4 is 0 Å². The van der Waals surface area contributed by atoms with Gasteiger partial charge in [-0.25, -0.2) is 0 Å². The molecule has 0 radical (unpaired) electrons. The quantitative estimate of drug-likeness (QED) is 0.849. The van der Waals surface area contributed by atoms with Crippen LogP contribution in [-0.4, -0.2) is 5.11 Å². The number of hydrogen-bond donors (Lipinski definition) is 1. The molecule has 0 aliphatic carbocycles. The molecule has 100 valence electrons. The second-order valence-electron chi connectivity index (χ2n) is 5.65. The topological polar surface area (TPSA) is 20.2 Å². The summed E-state index contributed by atoms with van der Waals surface area (Å²) in [6.07, 6.45) is 0.853. The van der Waals surface area contributed by atoms with E-state index in [9.17, 15) is 5.11 Å². The van der Waals surface area contributed by atoms with Gasteiger partial charge in [0.2, 0.25) is 0 Å². The van der Waals surface area contributed by atoms with Crippen LogP contribution in [0.5, 0.6) is 5.75 Å². The normalized spacial score (nSPS) is 11.6. The first-order chi connectivity index (χ1) is 8.96. The Morgan fingerprint density at radius 1 is 1.00 bits per heavy atom. The lowest BCUT2D eigenvalue weighted by molar-refractivity contribution is 0.463. The molecule has 0 unspecified atom stereocenters. The first-order valence-corrected chi connectivity index (χ1v) is 6.85. The number of aromatic hydroxyl groups is 1. The molecule has 0 spiro atoms. The van der Waals surface area contributed by atoms with Crippen LogP contribution in [0, 0.1) is 6.92 Å². The van der Waals surface area contributed by atoms with Gasteiger partial charge in [0.25, 0.3) is 0 Å². The summed E-state index contributed by atoms with van der Waals surface area (Å²) in [7, 11) is 0. The Kier molecular flexibility index (Phi) is 3.66. The molecule has 0 fully saturated rings. The summed E-state index contributed by atoms with van der Waals surface area (Å²) in [6, 6.07) is 14.7. The molecule has 19 heavy (non-hydrogen) atoms. The lowest BCUT2D eigenvalue weighted by Gasteiger charge is -2.27. The van der Waals surface area contributed by atoms with Crippen molar-refractivity contribution in [1.29, 1.82) is 0 Å². The van der Waals surface area contributed by atoms with Crippen LogP contribution in [0.4, 0.5) is 0 Å². The van der Waals surface area contributed by atoms with Crippen LogP contribution in [0.1, 0.15) is 43.0 Å². The Morgan fingerprint density at radius 2 is 1.63 bits per heavy atom. The summed E-state index contributed by atoms with van der Waals surface area (Å²) in [5.41, 5.74) is 4.48. The summed E-state index contributed by atoms with van der Waals surface area (Å²) in [5, 5.41) is 10.1. The Labute approximate surface area is 115 Å². The van der Waals surface area contributed by atoms with Gasteiger partial charge in [0.1, 0.15) is 5.75 Å². The van der Waals surface area contributed by atoms with Crippen LogP contribution >= 0.6 is 0 Å². The van der Waals surface area contributed by atoms with Gasteiger partial charge in [-0.15, -0.1) is 0 Å². The Bertz CT molecular complexity index is 568. The Morgan fingerprint density at radius 3 is 2.21 bits per heavy atom. The van der Waals surface area contributed by atoms with E-state index >= 15 is 0 Å². The average molecular weight is 254 g/mol. The third-order valence-corrected chi connectivity index (χ3v) is 3.98. The molecule has 0 amide bonds. The van der Waals surface area contributed by atoms with E-state index in [4.69, 9.17) is 0 Å². The zero-order valence-electron chi connectivity index (χ0n) is 12.2. The van der Waals surface area contributed by atoms with Gasteiger partial charge in [0.15, 0.2) is 0 Å². The summed E-state index contributed by atoms with van der Waals surface area (Å²) >= 11 is 0. The highest BCUT2D eigenvalue weighted by Gasteiger charge is 2.24. The first-order valence-electron chi connectivity index (χ1n) is 6.85. The zero-order chi connectivity index (χ0) is 14.0. The lowest BCUT2D eigenvalue weighted by Crippen LogP contribution is -2.19. The van der Waals surface area contributed by atoms with E-state index < -0.39 is 0 Å². The van der Waals surface area contributed by atoms with Crippen LogP contribution in [-0.2, 0) is 11.8 Å². The van der Waals surface area contributed by atoms with E-state index in [1.807, 2.05) is 13.0 Å². The van der Waals surface area contributed by atoms with E-state index in [-0.39, 0.29) is 5.41 Å². The predicted molar refractivity (Wildman–Crippen MR) is 80.8 cm³/mol. The maximum Gasteiger partial charge on any atom is 0.121 e. The summed E-state index contributed by atoms with van der Waals surface area (Å²) < 4.78 is 0. The van der Waals surface area contributed by atoms with Crippen molar-refractivity contribution in [3.8, 4) is 5.75 Å². The largest absolute Gasteiger partial charge is 0.507 e. The monoisotopic (exact) mass is 254 g/mol. The summed E-state index contributed by atoms with van der Waals surface area (Å²) in [5.74, 6) is 0.440. The molecule has 0 aliphatic rings. The minimum atomic E-state index is -0.0519. The second kappa shape index (κ2) is 5.08. The van der Waals surface area contributed by atoms with Gasteiger partial charge in [-0.2, -0.15) is 0 Å². The zero-order valence-corrected chi connectivity index (χ0v) is 12.2. The summed E-state index contributed by atoms with van der Waals surface area (Å²) in [6.45, 7) is 8.51. The molecule has 0 saturated heterocycles. The third-order valence-electron chi connectivity index (χ3n) is 3.98. The molecule has 1 heteroatoms. The van der Waals surface area contributed by atoms with E-state index in [2.05, 4.69) is 57.2 Å². The molecule has 1 N–H and O–H groups in total. The number of benzene rings is 2. The van der Waals surface area contributed by atoms with Crippen LogP contribution in [0.15, 0.2) is 42.5 Å². The van der Waals surface area contributed by atoms with Crippen molar-refractivity contribution in [3.63, 3.8) is 0 Å². The molecule has 0 heterocycles. The number of aryl methyl sites for hydroxylation is 2. The Balaban J connectivity index is 2.55. The molecule has 0 aliphatic heterocycles. The Hall–Kier alpha value is -1.76. The first kappa shape index (κ1) is 13.7. The van der Waals surface area contributed by atoms with E-state index in [1.54, 1.807) is 0 Å². The minimum Gasteiger partial charge on any atom is -0.507 e. The van der Waals surface area contributed by atoms with Gasteiger partial charge < -0.3 is 5.11 Å². The molecular formula is C18H22O. The summed E-state index contributed by atoms with van der Waals surface area (Å²) in [4.78, 5) is 0. The van der Waals surface area contributed by atoms with Gasteiger partial charge >= 0.3 is 0 Å². The second-order valence-corrected chi connectivity index (χ2v) is 5.65. The van der Waals surface area contributed by atoms with Crippen molar-refractivity contribution in [1.82, 2.24) is 0 Å². The molecule has 2 rings (SSSR count). The van der Waals surface area contributed by atoms with Crippen molar-refractivity contribution in [2.45, 2.75) is 39.5 Å². The minimum absolute atomic E-state index is 0.0519. The fraction of sp³-hybridized carbons (Fsp3) is 0.333.